The van der Waals surface area contributed by atoms with E-state index in [2.05, 4.69) is 25.6 Å². The summed E-state index contributed by atoms with van der Waals surface area (Å²) in [6.45, 7) is 5.51. The molecule has 0 unspecified atom stereocenters. The van der Waals surface area contributed by atoms with E-state index in [1.807, 2.05) is 27.0 Å². The summed E-state index contributed by atoms with van der Waals surface area (Å²) in [6.07, 6.45) is 0. The van der Waals surface area contributed by atoms with Crippen molar-refractivity contribution in [2.45, 2.75) is 13.8 Å². The Hall–Kier alpha value is -1.95. The van der Waals surface area contributed by atoms with Gasteiger partial charge in [-0.15, -0.1) is 0 Å². The van der Waals surface area contributed by atoms with Crippen LogP contribution in [0.3, 0.4) is 0 Å². The van der Waals surface area contributed by atoms with Crippen LogP contribution in [0, 0.1) is 13.8 Å². The molecule has 0 aliphatic carbocycles. The summed E-state index contributed by atoms with van der Waals surface area (Å²) in [5.74, 6) is 0.990. The molecule has 0 fully saturated rings. The second-order valence-electron chi connectivity index (χ2n) is 4.24. The van der Waals surface area contributed by atoms with Crippen molar-refractivity contribution in [2.75, 3.05) is 31.2 Å². The van der Waals surface area contributed by atoms with Crippen molar-refractivity contribution in [1.82, 2.24) is 20.3 Å². The number of nitrogens with two attached hydrogens (primary N) is 1. The molecule has 6 nitrogen and oxygen atoms in total. The monoisotopic (exact) mass is 246 g/mol. The molecule has 0 atom stereocenters. The van der Waals surface area contributed by atoms with Gasteiger partial charge in [0.25, 0.3) is 0 Å². The summed E-state index contributed by atoms with van der Waals surface area (Å²) < 4.78 is 0. The van der Waals surface area contributed by atoms with Crippen molar-refractivity contribution >= 4 is 22.8 Å². The quantitative estimate of drug-likeness (QED) is 0.693. The molecule has 18 heavy (non-hydrogen) atoms. The summed E-state index contributed by atoms with van der Waals surface area (Å²) >= 11 is 0. The normalized spacial score (nSPS) is 10.8. The minimum absolute atomic E-state index is 0.469. The van der Waals surface area contributed by atoms with Crippen molar-refractivity contribution in [3.63, 3.8) is 0 Å². The molecule has 2 rings (SSSR count). The molecule has 6 heteroatoms. The third-order valence-corrected chi connectivity index (χ3v) is 2.68. The Labute approximate surface area is 106 Å². The largest absolute Gasteiger partial charge is 0.383 e. The van der Waals surface area contributed by atoms with Crippen LogP contribution in [0.2, 0.25) is 0 Å². The van der Waals surface area contributed by atoms with E-state index in [4.69, 9.17) is 5.73 Å². The number of nitrogen functional groups attached to an aromatic ring is 1. The summed E-state index contributed by atoms with van der Waals surface area (Å²) in [5, 5.41) is 6.99. The molecule has 2 aromatic rings. The second-order valence-corrected chi connectivity index (χ2v) is 4.24. The van der Waals surface area contributed by atoms with Crippen molar-refractivity contribution < 1.29 is 0 Å². The van der Waals surface area contributed by atoms with Crippen LogP contribution in [0.1, 0.15) is 11.3 Å². The van der Waals surface area contributed by atoms with Gasteiger partial charge in [0, 0.05) is 18.8 Å². The number of likely N-dealkylation sites (N-methyl/N-ethyl adjacent to an activating group) is 1. The number of hydrogen-bond acceptors (Lipinski definition) is 6. The number of aryl methyl sites for hydroxylation is 2. The first-order valence-corrected chi connectivity index (χ1v) is 5.91. The number of rotatable bonds is 4. The van der Waals surface area contributed by atoms with Gasteiger partial charge in [-0.3, -0.25) is 0 Å². The molecule has 0 aliphatic rings. The maximum atomic E-state index is 5.97. The highest BCUT2D eigenvalue weighted by atomic mass is 15.1. The van der Waals surface area contributed by atoms with Gasteiger partial charge in [0.15, 0.2) is 5.65 Å². The van der Waals surface area contributed by atoms with Crippen LogP contribution < -0.4 is 16.4 Å². The highest BCUT2D eigenvalue weighted by Crippen LogP contribution is 2.22. The lowest BCUT2D eigenvalue weighted by Gasteiger charge is -2.09. The number of pyridine rings is 1. The summed E-state index contributed by atoms with van der Waals surface area (Å²) in [5.41, 5.74) is 8.59. The molecule has 0 aromatic carbocycles. The lowest BCUT2D eigenvalue weighted by atomic mass is 10.1. The number of aromatic nitrogens is 3. The van der Waals surface area contributed by atoms with Gasteiger partial charge in [0.05, 0.1) is 5.39 Å². The molecule has 0 spiro atoms. The Morgan fingerprint density at radius 2 is 1.94 bits per heavy atom. The van der Waals surface area contributed by atoms with Crippen LogP contribution in [0.25, 0.3) is 11.0 Å². The zero-order valence-corrected chi connectivity index (χ0v) is 10.9. The first-order valence-electron chi connectivity index (χ1n) is 5.91. The number of nitrogens with one attached hydrogen (secondary N) is 2. The van der Waals surface area contributed by atoms with E-state index in [0.29, 0.717) is 17.4 Å². The Kier molecular flexibility index (Phi) is 3.57. The van der Waals surface area contributed by atoms with Gasteiger partial charge in [0.2, 0.25) is 5.95 Å². The van der Waals surface area contributed by atoms with Gasteiger partial charge < -0.3 is 16.4 Å². The van der Waals surface area contributed by atoms with Crippen molar-refractivity contribution in [3.8, 4) is 0 Å². The van der Waals surface area contributed by atoms with E-state index in [9.17, 15) is 0 Å². The van der Waals surface area contributed by atoms with Crippen LogP contribution in [0.4, 0.5) is 11.8 Å². The fraction of sp³-hybridized carbons (Fsp3) is 0.417. The van der Waals surface area contributed by atoms with Crippen molar-refractivity contribution in [3.05, 3.63) is 17.3 Å². The molecule has 2 aromatic heterocycles. The Morgan fingerprint density at radius 3 is 2.67 bits per heavy atom. The molecular formula is C12H18N6. The first kappa shape index (κ1) is 12.5. The fourth-order valence-corrected chi connectivity index (χ4v) is 1.89. The minimum Gasteiger partial charge on any atom is -0.383 e. The zero-order chi connectivity index (χ0) is 13.1. The summed E-state index contributed by atoms with van der Waals surface area (Å²) in [7, 11) is 1.89. The van der Waals surface area contributed by atoms with Crippen molar-refractivity contribution in [1.29, 1.82) is 0 Å². The lowest BCUT2D eigenvalue weighted by molar-refractivity contribution is 0.818. The molecule has 4 N–H and O–H groups in total. The van der Waals surface area contributed by atoms with Crippen LogP contribution in [-0.2, 0) is 0 Å². The molecule has 0 radical (unpaired) electrons. The summed E-state index contributed by atoms with van der Waals surface area (Å²) in [6, 6.07) is 1.98. The third-order valence-electron chi connectivity index (χ3n) is 2.68. The van der Waals surface area contributed by atoms with Crippen molar-refractivity contribution in [2.24, 2.45) is 0 Å². The highest BCUT2D eigenvalue weighted by Gasteiger charge is 2.09. The molecule has 0 aliphatic heterocycles. The first-order chi connectivity index (χ1) is 8.61. The molecule has 0 bridgehead atoms. The number of fused-ring (bicyclic) bond motifs is 1. The average Bonchev–Trinajstić information content (AvgIpc) is 2.27. The third kappa shape index (κ3) is 2.48. The molecule has 96 valence electrons. The maximum absolute atomic E-state index is 5.97. The van der Waals surface area contributed by atoms with Crippen LogP contribution in [0.15, 0.2) is 6.07 Å². The van der Waals surface area contributed by atoms with Gasteiger partial charge in [-0.05, 0) is 32.5 Å². The van der Waals surface area contributed by atoms with E-state index in [-0.39, 0.29) is 0 Å². The van der Waals surface area contributed by atoms with E-state index >= 15 is 0 Å². The minimum atomic E-state index is 0.469. The van der Waals surface area contributed by atoms with Crippen LogP contribution >= 0.6 is 0 Å². The van der Waals surface area contributed by atoms with E-state index in [0.717, 1.165) is 29.7 Å². The SMILES string of the molecule is CNCCNc1nc(N)c2c(C)cc(C)nc2n1. The highest BCUT2D eigenvalue weighted by molar-refractivity contribution is 5.89. The molecule has 2 heterocycles. The molecule has 0 amide bonds. The number of hydrogen-bond donors (Lipinski definition) is 3. The van der Waals surface area contributed by atoms with E-state index < -0.39 is 0 Å². The topological polar surface area (TPSA) is 88.8 Å². The second kappa shape index (κ2) is 5.14. The van der Waals surface area contributed by atoms with Gasteiger partial charge in [-0.25, -0.2) is 4.98 Å². The predicted molar refractivity (Wildman–Crippen MR) is 73.6 cm³/mol. The Bertz CT molecular complexity index is 566. The van der Waals surface area contributed by atoms with Crippen LogP contribution in [-0.4, -0.2) is 35.1 Å². The van der Waals surface area contributed by atoms with Gasteiger partial charge in [-0.1, -0.05) is 0 Å². The smallest absolute Gasteiger partial charge is 0.226 e. The maximum Gasteiger partial charge on any atom is 0.226 e. The van der Waals surface area contributed by atoms with E-state index in [1.165, 1.54) is 0 Å². The lowest BCUT2D eigenvalue weighted by Crippen LogP contribution is -2.19. The zero-order valence-electron chi connectivity index (χ0n) is 10.9. The van der Waals surface area contributed by atoms with Gasteiger partial charge >= 0.3 is 0 Å². The number of anilines is 2. The fourth-order valence-electron chi connectivity index (χ4n) is 1.89. The molecule has 0 saturated heterocycles. The molecular weight excluding hydrogens is 228 g/mol. The van der Waals surface area contributed by atoms with Gasteiger partial charge in [-0.2, -0.15) is 9.97 Å². The Morgan fingerprint density at radius 1 is 1.17 bits per heavy atom. The Balaban J connectivity index is 2.41. The predicted octanol–water partition coefficient (Wildman–Crippen LogP) is 0.855. The standard InChI is InChI=1S/C12H18N6/c1-7-6-8(2)16-11-9(7)10(13)17-12(18-11)15-5-4-14-3/h6,14H,4-5H2,1-3H3,(H3,13,15,16,17,18). The summed E-state index contributed by atoms with van der Waals surface area (Å²) in [4.78, 5) is 13.0. The molecule has 0 saturated carbocycles. The van der Waals surface area contributed by atoms with E-state index in [1.54, 1.807) is 0 Å². The average molecular weight is 246 g/mol. The van der Waals surface area contributed by atoms with Crippen LogP contribution in [0.5, 0.6) is 0 Å². The van der Waals surface area contributed by atoms with Gasteiger partial charge in [0.1, 0.15) is 5.82 Å². The number of nitrogens with zero attached hydrogens (tertiary/aromatic N) is 3.